The minimum absolute atomic E-state index is 0.254. The van der Waals surface area contributed by atoms with Crippen molar-refractivity contribution in [2.24, 2.45) is 0 Å². The van der Waals surface area contributed by atoms with Gasteiger partial charge in [0.25, 0.3) is 0 Å². The Bertz CT molecular complexity index is 3240. The molecule has 0 fully saturated rings. The van der Waals surface area contributed by atoms with Crippen LogP contribution in [0.3, 0.4) is 0 Å². The highest BCUT2D eigenvalue weighted by molar-refractivity contribution is 6.21. The molecule has 0 saturated carbocycles. The van der Waals surface area contributed by atoms with Crippen LogP contribution in [0.4, 0.5) is 17.1 Å². The summed E-state index contributed by atoms with van der Waals surface area (Å²) in [7, 11) is 0. The minimum atomic E-state index is -0.254. The first kappa shape index (κ1) is 32.1. The van der Waals surface area contributed by atoms with Gasteiger partial charge in [-0.2, -0.15) is 0 Å². The maximum atomic E-state index is 2.59. The summed E-state index contributed by atoms with van der Waals surface area (Å²) in [5.74, 6) is 0. The summed E-state index contributed by atoms with van der Waals surface area (Å²) >= 11 is 0. The van der Waals surface area contributed by atoms with Crippen LogP contribution in [-0.4, -0.2) is 4.57 Å². The number of hydrogen-bond acceptors (Lipinski definition) is 1. The minimum Gasteiger partial charge on any atom is -0.306 e. The third-order valence-corrected chi connectivity index (χ3v) is 12.7. The summed E-state index contributed by atoms with van der Waals surface area (Å²) in [5, 5.41) is 5.01. The summed E-state index contributed by atoms with van der Waals surface area (Å²) in [6.07, 6.45) is 0. The van der Waals surface area contributed by atoms with E-state index in [0.29, 0.717) is 0 Å². The van der Waals surface area contributed by atoms with Gasteiger partial charge >= 0.3 is 0 Å². The quantitative estimate of drug-likeness (QED) is 0.175. The molecule has 2 heterocycles. The van der Waals surface area contributed by atoms with E-state index in [4.69, 9.17) is 0 Å². The SMILES string of the molecule is CC1(C)c2cc(-c3ccccc3)ccc2-c2c1cc(-c1ccccc1)c1c2N(c2ccccc2)c2cc(-c3cccc4ccccc34)cc3c4ccccc4n-1c23. The lowest BCUT2D eigenvalue weighted by Crippen LogP contribution is -2.22. The van der Waals surface area contributed by atoms with Crippen molar-refractivity contribution in [3.05, 3.63) is 205 Å². The van der Waals surface area contributed by atoms with E-state index in [0.717, 1.165) is 5.69 Å². The zero-order valence-corrected chi connectivity index (χ0v) is 31.9. The zero-order valence-electron chi connectivity index (χ0n) is 31.9. The predicted octanol–water partition coefficient (Wildman–Crippen LogP) is 15.0. The molecule has 0 atom stereocenters. The average molecular weight is 727 g/mol. The number of hydrogen-bond donors (Lipinski definition) is 0. The molecule has 1 aliphatic carbocycles. The lowest BCUT2D eigenvalue weighted by Gasteiger charge is -2.37. The summed E-state index contributed by atoms with van der Waals surface area (Å²) in [6, 6.07) is 71.9. The number of benzene rings is 9. The standard InChI is InChI=1S/C55H38N2/c1-55(2)47-32-38(35-17-6-3-7-18-35)29-30-44(47)51-48(55)34-45(37-19-8-4-9-20-37)53-54(51)56(40-23-10-5-11-24-40)50-33-39(42-27-16-22-36-21-12-13-25-41(36)42)31-46-43-26-14-15-28-49(43)57(53)52(46)50/h3-34H,1-2H3. The molecule has 57 heavy (non-hydrogen) atoms. The zero-order chi connectivity index (χ0) is 37.8. The largest absolute Gasteiger partial charge is 0.306 e. The highest BCUT2D eigenvalue weighted by Crippen LogP contribution is 2.62. The summed E-state index contributed by atoms with van der Waals surface area (Å²) in [4.78, 5) is 2.59. The van der Waals surface area contributed by atoms with Crippen molar-refractivity contribution in [3.63, 3.8) is 0 Å². The van der Waals surface area contributed by atoms with E-state index in [1.54, 1.807) is 0 Å². The number of anilines is 3. The summed E-state index contributed by atoms with van der Waals surface area (Å²) < 4.78 is 2.59. The summed E-state index contributed by atoms with van der Waals surface area (Å²) in [6.45, 7) is 4.83. The fourth-order valence-corrected chi connectivity index (χ4v) is 10.0. The van der Waals surface area contributed by atoms with Crippen LogP contribution in [0.15, 0.2) is 194 Å². The first-order valence-electron chi connectivity index (χ1n) is 19.9. The number of fused-ring (bicyclic) bond motifs is 10. The third kappa shape index (κ3) is 4.53. The smallest absolute Gasteiger partial charge is 0.0791 e. The third-order valence-electron chi connectivity index (χ3n) is 12.7. The summed E-state index contributed by atoms with van der Waals surface area (Å²) in [5.41, 5.74) is 19.7. The maximum absolute atomic E-state index is 2.59. The van der Waals surface area contributed by atoms with Crippen molar-refractivity contribution in [3.8, 4) is 50.2 Å². The molecule has 10 aromatic rings. The van der Waals surface area contributed by atoms with Gasteiger partial charge in [0.2, 0.25) is 0 Å². The highest BCUT2D eigenvalue weighted by atomic mass is 15.2. The fraction of sp³-hybridized carbons (Fsp3) is 0.0545. The van der Waals surface area contributed by atoms with Crippen LogP contribution in [0.25, 0.3) is 82.8 Å². The molecule has 1 aromatic heterocycles. The van der Waals surface area contributed by atoms with Crippen LogP contribution in [0.2, 0.25) is 0 Å². The van der Waals surface area contributed by atoms with Crippen LogP contribution in [0.5, 0.6) is 0 Å². The molecular weight excluding hydrogens is 689 g/mol. The Morgan fingerprint density at radius 1 is 0.404 bits per heavy atom. The molecule has 0 spiro atoms. The van der Waals surface area contributed by atoms with Crippen molar-refractivity contribution < 1.29 is 0 Å². The van der Waals surface area contributed by atoms with Gasteiger partial charge in [-0.25, -0.2) is 0 Å². The van der Waals surface area contributed by atoms with Gasteiger partial charge in [0, 0.05) is 33.0 Å². The van der Waals surface area contributed by atoms with Crippen molar-refractivity contribution in [2.45, 2.75) is 19.3 Å². The number of rotatable bonds is 4. The van der Waals surface area contributed by atoms with Gasteiger partial charge in [0.15, 0.2) is 0 Å². The lowest BCUT2D eigenvalue weighted by molar-refractivity contribution is 0.660. The van der Waals surface area contributed by atoms with E-state index in [2.05, 4.69) is 217 Å². The lowest BCUT2D eigenvalue weighted by atomic mass is 9.80. The highest BCUT2D eigenvalue weighted by Gasteiger charge is 2.43. The molecule has 0 unspecified atom stereocenters. The molecule has 0 radical (unpaired) electrons. The number of nitrogens with zero attached hydrogens (tertiary/aromatic N) is 2. The molecule has 0 bridgehead atoms. The topological polar surface area (TPSA) is 8.17 Å². The molecular formula is C55H38N2. The Kier molecular flexibility index (Phi) is 6.72. The van der Waals surface area contributed by atoms with E-state index in [9.17, 15) is 0 Å². The van der Waals surface area contributed by atoms with E-state index in [1.807, 2.05) is 0 Å². The molecule has 12 rings (SSSR count). The predicted molar refractivity (Wildman–Crippen MR) is 240 cm³/mol. The molecule has 0 N–H and O–H groups in total. The van der Waals surface area contributed by atoms with Gasteiger partial charge in [-0.05, 0) is 97.7 Å². The van der Waals surface area contributed by atoms with Crippen molar-refractivity contribution in [2.75, 3.05) is 4.90 Å². The Balaban J connectivity index is 1.27. The van der Waals surface area contributed by atoms with Gasteiger partial charge in [-0.3, -0.25) is 0 Å². The van der Waals surface area contributed by atoms with Crippen molar-refractivity contribution in [1.29, 1.82) is 0 Å². The van der Waals surface area contributed by atoms with E-state index < -0.39 is 0 Å². The molecule has 9 aromatic carbocycles. The second-order valence-corrected chi connectivity index (χ2v) is 16.1. The Hall–Kier alpha value is -7.16. The molecule has 1 aliphatic heterocycles. The second-order valence-electron chi connectivity index (χ2n) is 16.1. The van der Waals surface area contributed by atoms with Crippen LogP contribution in [0.1, 0.15) is 25.0 Å². The first-order valence-corrected chi connectivity index (χ1v) is 19.9. The van der Waals surface area contributed by atoms with Crippen LogP contribution >= 0.6 is 0 Å². The molecule has 2 heteroatoms. The van der Waals surface area contributed by atoms with E-state index >= 15 is 0 Å². The molecule has 2 nitrogen and oxygen atoms in total. The Labute approximate surface area is 332 Å². The molecule has 0 saturated heterocycles. The molecule has 268 valence electrons. The van der Waals surface area contributed by atoms with Gasteiger partial charge in [-0.1, -0.05) is 166 Å². The molecule has 0 amide bonds. The van der Waals surface area contributed by atoms with Gasteiger partial charge in [0.1, 0.15) is 0 Å². The first-order chi connectivity index (χ1) is 28.1. The number of para-hydroxylation sites is 2. The fourth-order valence-electron chi connectivity index (χ4n) is 10.0. The normalized spacial score (nSPS) is 13.5. The Morgan fingerprint density at radius 2 is 1.07 bits per heavy atom. The Morgan fingerprint density at radius 3 is 1.86 bits per heavy atom. The average Bonchev–Trinajstić information content (AvgIpc) is 3.72. The monoisotopic (exact) mass is 726 g/mol. The molecule has 2 aliphatic rings. The van der Waals surface area contributed by atoms with E-state index in [1.165, 1.54) is 105 Å². The van der Waals surface area contributed by atoms with Crippen LogP contribution < -0.4 is 4.90 Å². The van der Waals surface area contributed by atoms with Gasteiger partial charge in [0.05, 0.1) is 28.1 Å². The van der Waals surface area contributed by atoms with Gasteiger partial charge < -0.3 is 9.47 Å². The van der Waals surface area contributed by atoms with E-state index in [-0.39, 0.29) is 5.41 Å². The number of aromatic nitrogens is 1. The van der Waals surface area contributed by atoms with Gasteiger partial charge in [-0.15, -0.1) is 0 Å². The van der Waals surface area contributed by atoms with Crippen molar-refractivity contribution in [1.82, 2.24) is 4.57 Å². The maximum Gasteiger partial charge on any atom is 0.0791 e. The van der Waals surface area contributed by atoms with Crippen molar-refractivity contribution >= 4 is 49.6 Å². The van der Waals surface area contributed by atoms with Crippen LogP contribution in [-0.2, 0) is 5.41 Å². The van der Waals surface area contributed by atoms with Crippen LogP contribution in [0, 0.1) is 0 Å². The second kappa shape index (κ2) is 11.9.